The van der Waals surface area contributed by atoms with Crippen LogP contribution in [0.25, 0.3) is 0 Å². The number of hydrogen-bond acceptors (Lipinski definition) is 8. The molecule has 146 valence electrons. The van der Waals surface area contributed by atoms with Crippen LogP contribution in [0.4, 0.5) is 0 Å². The Morgan fingerprint density at radius 1 is 1.22 bits per heavy atom. The number of sulfone groups is 1. The number of aromatic nitrogens is 2. The van der Waals surface area contributed by atoms with E-state index in [0.29, 0.717) is 24.1 Å². The van der Waals surface area contributed by atoms with E-state index in [0.717, 1.165) is 25.4 Å². The van der Waals surface area contributed by atoms with E-state index in [-0.39, 0.29) is 23.5 Å². The lowest BCUT2D eigenvalue weighted by atomic mass is 10.1. The SMILES string of the molecule is O=S1(=O)CC[C@H](c2nnc(SC[C@@H]3CN(Cc4ccccc4)CCO3)o2)C1. The Morgan fingerprint density at radius 3 is 2.85 bits per heavy atom. The van der Waals surface area contributed by atoms with Gasteiger partial charge in [-0.3, -0.25) is 4.90 Å². The monoisotopic (exact) mass is 409 g/mol. The molecule has 1 aromatic heterocycles. The molecule has 0 bridgehead atoms. The lowest BCUT2D eigenvalue weighted by Gasteiger charge is -2.32. The number of hydrogen-bond donors (Lipinski definition) is 0. The van der Waals surface area contributed by atoms with Crippen molar-refractivity contribution in [1.82, 2.24) is 15.1 Å². The second kappa shape index (κ2) is 8.30. The van der Waals surface area contributed by atoms with Gasteiger partial charge in [-0.2, -0.15) is 0 Å². The van der Waals surface area contributed by atoms with Crippen LogP contribution in [0.5, 0.6) is 0 Å². The molecule has 9 heteroatoms. The Balaban J connectivity index is 1.27. The quantitative estimate of drug-likeness (QED) is 0.670. The van der Waals surface area contributed by atoms with Crippen molar-refractivity contribution in [3.8, 4) is 0 Å². The van der Waals surface area contributed by atoms with Gasteiger partial charge in [-0.05, 0) is 12.0 Å². The number of ether oxygens (including phenoxy) is 1. The van der Waals surface area contributed by atoms with E-state index in [1.807, 2.05) is 6.07 Å². The lowest BCUT2D eigenvalue weighted by Crippen LogP contribution is -2.43. The average molecular weight is 410 g/mol. The molecule has 3 heterocycles. The fraction of sp³-hybridized carbons (Fsp3) is 0.556. The molecule has 0 radical (unpaired) electrons. The predicted molar refractivity (Wildman–Crippen MR) is 102 cm³/mol. The van der Waals surface area contributed by atoms with Crippen molar-refractivity contribution in [3.63, 3.8) is 0 Å². The molecule has 2 aliphatic rings. The molecule has 0 unspecified atom stereocenters. The first-order chi connectivity index (χ1) is 13.1. The maximum absolute atomic E-state index is 11.6. The molecule has 2 aliphatic heterocycles. The summed E-state index contributed by atoms with van der Waals surface area (Å²) in [6.45, 7) is 3.43. The minimum absolute atomic E-state index is 0.106. The van der Waals surface area contributed by atoms with Gasteiger partial charge < -0.3 is 9.15 Å². The van der Waals surface area contributed by atoms with Crippen molar-refractivity contribution in [1.29, 1.82) is 0 Å². The van der Waals surface area contributed by atoms with Gasteiger partial charge in [0.1, 0.15) is 0 Å². The van der Waals surface area contributed by atoms with E-state index in [2.05, 4.69) is 39.4 Å². The zero-order chi connectivity index (χ0) is 18.7. The van der Waals surface area contributed by atoms with Gasteiger partial charge in [0, 0.05) is 25.4 Å². The van der Waals surface area contributed by atoms with E-state index >= 15 is 0 Å². The van der Waals surface area contributed by atoms with E-state index in [4.69, 9.17) is 9.15 Å². The molecular weight excluding hydrogens is 386 g/mol. The van der Waals surface area contributed by atoms with Crippen LogP contribution in [0, 0.1) is 0 Å². The fourth-order valence-corrected chi connectivity index (χ4v) is 5.97. The molecule has 27 heavy (non-hydrogen) atoms. The molecule has 7 nitrogen and oxygen atoms in total. The second-order valence-corrected chi connectivity index (χ2v) is 10.2. The topological polar surface area (TPSA) is 85.5 Å². The fourth-order valence-electron chi connectivity index (χ4n) is 3.46. The first-order valence-electron chi connectivity index (χ1n) is 9.12. The van der Waals surface area contributed by atoms with Crippen molar-refractivity contribution in [3.05, 3.63) is 41.8 Å². The highest BCUT2D eigenvalue weighted by Crippen LogP contribution is 2.30. The Morgan fingerprint density at radius 2 is 2.07 bits per heavy atom. The van der Waals surface area contributed by atoms with E-state index in [1.165, 1.54) is 17.3 Å². The molecule has 0 spiro atoms. The Kier molecular flexibility index (Phi) is 5.82. The standard InChI is InChI=1S/C18H23N3O4S2/c22-27(23)9-6-15(13-27)17-19-20-18(25-17)26-12-16-11-21(7-8-24-16)10-14-4-2-1-3-5-14/h1-5,15-16H,6-13H2/t15-,16-/m0/s1. The Bertz CT molecular complexity index is 857. The first-order valence-corrected chi connectivity index (χ1v) is 11.9. The summed E-state index contributed by atoms with van der Waals surface area (Å²) in [5.41, 5.74) is 1.30. The number of morpholine rings is 1. The van der Waals surface area contributed by atoms with Crippen molar-refractivity contribution < 1.29 is 17.6 Å². The number of rotatable bonds is 6. The molecule has 2 aromatic rings. The van der Waals surface area contributed by atoms with Crippen molar-refractivity contribution >= 4 is 21.6 Å². The van der Waals surface area contributed by atoms with Crippen molar-refractivity contribution in [2.75, 3.05) is 37.0 Å². The summed E-state index contributed by atoms with van der Waals surface area (Å²) in [5, 5.41) is 8.59. The molecule has 2 atom stereocenters. The summed E-state index contributed by atoms with van der Waals surface area (Å²) in [6.07, 6.45) is 0.670. The normalized spacial score (nSPS) is 25.6. The summed E-state index contributed by atoms with van der Waals surface area (Å²) >= 11 is 1.47. The van der Waals surface area contributed by atoms with Crippen LogP contribution in [0.2, 0.25) is 0 Å². The minimum atomic E-state index is -2.96. The third-order valence-electron chi connectivity index (χ3n) is 4.87. The van der Waals surface area contributed by atoms with Gasteiger partial charge in [-0.25, -0.2) is 8.42 Å². The molecule has 2 fully saturated rings. The van der Waals surface area contributed by atoms with Crippen molar-refractivity contribution in [2.45, 2.75) is 30.2 Å². The van der Waals surface area contributed by atoms with Crippen LogP contribution in [-0.4, -0.2) is 66.6 Å². The van der Waals surface area contributed by atoms with Gasteiger partial charge in [0.25, 0.3) is 5.22 Å². The van der Waals surface area contributed by atoms with Crippen LogP contribution >= 0.6 is 11.8 Å². The first kappa shape index (κ1) is 18.9. The molecule has 2 saturated heterocycles. The lowest BCUT2D eigenvalue weighted by molar-refractivity contribution is -0.0188. The highest BCUT2D eigenvalue weighted by atomic mass is 32.2. The zero-order valence-electron chi connectivity index (χ0n) is 15.0. The Hall–Kier alpha value is -1.42. The largest absolute Gasteiger partial charge is 0.416 e. The summed E-state index contributed by atoms with van der Waals surface area (Å²) in [6, 6.07) is 10.4. The van der Waals surface area contributed by atoms with Crippen LogP contribution in [0.1, 0.15) is 23.8 Å². The molecule has 0 amide bonds. The third kappa shape index (κ3) is 5.10. The minimum Gasteiger partial charge on any atom is -0.416 e. The average Bonchev–Trinajstić information content (AvgIpc) is 3.27. The molecule has 1 aromatic carbocycles. The zero-order valence-corrected chi connectivity index (χ0v) is 16.6. The van der Waals surface area contributed by atoms with Gasteiger partial charge in [0.15, 0.2) is 9.84 Å². The number of benzene rings is 1. The summed E-state index contributed by atoms with van der Waals surface area (Å²) in [4.78, 5) is 2.40. The van der Waals surface area contributed by atoms with E-state index in [1.54, 1.807) is 0 Å². The van der Waals surface area contributed by atoms with Gasteiger partial charge in [-0.15, -0.1) is 10.2 Å². The van der Waals surface area contributed by atoms with Crippen LogP contribution in [0.3, 0.4) is 0 Å². The number of thioether (sulfide) groups is 1. The molecule has 4 rings (SSSR count). The molecule has 0 aliphatic carbocycles. The molecular formula is C18H23N3O4S2. The molecule has 0 N–H and O–H groups in total. The Labute approximate surface area is 163 Å². The van der Waals surface area contributed by atoms with E-state index < -0.39 is 9.84 Å². The second-order valence-electron chi connectivity index (χ2n) is 7.03. The maximum atomic E-state index is 11.6. The van der Waals surface area contributed by atoms with Crippen LogP contribution in [0.15, 0.2) is 40.0 Å². The van der Waals surface area contributed by atoms with Gasteiger partial charge >= 0.3 is 0 Å². The van der Waals surface area contributed by atoms with Gasteiger partial charge in [0.2, 0.25) is 5.89 Å². The smallest absolute Gasteiger partial charge is 0.276 e. The van der Waals surface area contributed by atoms with E-state index in [9.17, 15) is 8.42 Å². The van der Waals surface area contributed by atoms with Gasteiger partial charge in [0.05, 0.1) is 30.1 Å². The highest BCUT2D eigenvalue weighted by molar-refractivity contribution is 7.99. The summed E-state index contributed by atoms with van der Waals surface area (Å²) in [7, 11) is -2.96. The van der Waals surface area contributed by atoms with Crippen LogP contribution in [-0.2, 0) is 21.1 Å². The predicted octanol–water partition coefficient (Wildman–Crippen LogP) is 1.96. The maximum Gasteiger partial charge on any atom is 0.276 e. The van der Waals surface area contributed by atoms with Crippen molar-refractivity contribution in [2.24, 2.45) is 0 Å². The highest BCUT2D eigenvalue weighted by Gasteiger charge is 2.33. The third-order valence-corrected chi connectivity index (χ3v) is 7.59. The van der Waals surface area contributed by atoms with Crippen LogP contribution < -0.4 is 0 Å². The molecule has 0 saturated carbocycles. The summed E-state index contributed by atoms with van der Waals surface area (Å²) < 4.78 is 34.7. The van der Waals surface area contributed by atoms with Gasteiger partial charge in [-0.1, -0.05) is 42.1 Å². The summed E-state index contributed by atoms with van der Waals surface area (Å²) in [5.74, 6) is 1.32. The number of nitrogens with zero attached hydrogens (tertiary/aromatic N) is 3.